The highest BCUT2D eigenvalue weighted by atomic mass is 31.0. The van der Waals surface area contributed by atoms with Crippen LogP contribution in [-0.2, 0) is 0 Å². The molecule has 0 fully saturated rings. The predicted octanol–water partition coefficient (Wildman–Crippen LogP) is 2.95. The number of hydrogen-bond donors (Lipinski definition) is 3. The van der Waals surface area contributed by atoms with E-state index >= 15 is 0 Å². The van der Waals surface area contributed by atoms with Gasteiger partial charge in [-0.15, -0.1) is 15.7 Å². The van der Waals surface area contributed by atoms with Gasteiger partial charge in [-0.25, -0.2) is 0 Å². The largest absolute Gasteiger partial charge is 0.401 e. The molecule has 0 saturated heterocycles. The molecule has 1 unspecified atom stereocenters. The molecular weight excluding hydrogens is 289 g/mol. The van der Waals surface area contributed by atoms with Crippen molar-refractivity contribution in [2.24, 2.45) is 11.5 Å². The summed E-state index contributed by atoms with van der Waals surface area (Å²) in [5.74, 6) is 2.68. The van der Waals surface area contributed by atoms with E-state index in [1.54, 1.807) is 6.92 Å². The summed E-state index contributed by atoms with van der Waals surface area (Å²) >= 11 is 0. The lowest BCUT2D eigenvalue weighted by Crippen LogP contribution is -2.07. The average Bonchev–Trinajstić information content (AvgIpc) is 2.49. The van der Waals surface area contributed by atoms with Crippen LogP contribution in [0.15, 0.2) is 53.4 Å². The molecule has 3 nitrogen and oxygen atoms in total. The van der Waals surface area contributed by atoms with Gasteiger partial charge in [-0.1, -0.05) is 43.7 Å². The van der Waals surface area contributed by atoms with Gasteiger partial charge in [-0.2, -0.15) is 0 Å². The van der Waals surface area contributed by atoms with Gasteiger partial charge in [0.25, 0.3) is 0 Å². The second-order valence-electron chi connectivity index (χ2n) is 4.56. The lowest BCUT2D eigenvalue weighted by molar-refractivity contribution is 1.09. The van der Waals surface area contributed by atoms with E-state index in [0.29, 0.717) is 17.0 Å². The van der Waals surface area contributed by atoms with Gasteiger partial charge in [-0.3, -0.25) is 0 Å². The van der Waals surface area contributed by atoms with Crippen LogP contribution in [0.25, 0.3) is 5.57 Å². The molecule has 116 valence electrons. The van der Waals surface area contributed by atoms with E-state index in [-0.39, 0.29) is 0 Å². The molecule has 0 heterocycles. The van der Waals surface area contributed by atoms with Crippen LogP contribution < -0.4 is 16.8 Å². The van der Waals surface area contributed by atoms with Gasteiger partial charge < -0.3 is 16.9 Å². The van der Waals surface area contributed by atoms with Crippen molar-refractivity contribution in [1.82, 2.24) is 0 Å². The standard InChI is InChI=1S/C17H21N2P.CH3N/c1-5-15(11(3)18)17(16(6-2)12(4)19)13-7-9-14(20)10-8-13;1-2/h1,7-10H,4,6,18-20H2,2-3H3;2H,1H2/b15-11+,17-16-;. The van der Waals surface area contributed by atoms with E-state index in [4.69, 9.17) is 23.3 Å². The second kappa shape index (κ2) is 9.60. The van der Waals surface area contributed by atoms with E-state index in [2.05, 4.69) is 28.5 Å². The number of benzene rings is 1. The summed E-state index contributed by atoms with van der Waals surface area (Å²) in [6, 6.07) is 8.03. The molecule has 0 aliphatic rings. The van der Waals surface area contributed by atoms with Crippen LogP contribution in [-0.4, -0.2) is 6.72 Å². The van der Waals surface area contributed by atoms with Gasteiger partial charge in [0.2, 0.25) is 0 Å². The molecule has 0 radical (unpaired) electrons. The molecule has 1 rings (SSSR count). The van der Waals surface area contributed by atoms with Crippen molar-refractivity contribution in [2.45, 2.75) is 20.3 Å². The summed E-state index contributed by atoms with van der Waals surface area (Å²) in [4.78, 5) is 0. The lowest BCUT2D eigenvalue weighted by atomic mass is 9.90. The van der Waals surface area contributed by atoms with E-state index < -0.39 is 0 Å². The maximum atomic E-state index is 5.94. The van der Waals surface area contributed by atoms with Crippen LogP contribution in [0.2, 0.25) is 0 Å². The highest BCUT2D eigenvalue weighted by molar-refractivity contribution is 7.27. The number of nitrogens with one attached hydrogen (secondary N) is 1. The van der Waals surface area contributed by atoms with Gasteiger partial charge >= 0.3 is 0 Å². The molecule has 1 aromatic rings. The normalized spacial score (nSPS) is 12.1. The SMILES string of the molecule is C#CC(/C(=C(/CC)C(=C)N)c1ccc(P)cc1)=C(/C)N.C=N. The Hall–Kier alpha value is -2.30. The first-order valence-electron chi connectivity index (χ1n) is 6.74. The molecule has 0 amide bonds. The Labute approximate surface area is 135 Å². The summed E-state index contributed by atoms with van der Waals surface area (Å²) in [7, 11) is 2.66. The Morgan fingerprint density at radius 3 is 2.09 bits per heavy atom. The topological polar surface area (TPSA) is 75.9 Å². The molecule has 0 aliphatic heterocycles. The van der Waals surface area contributed by atoms with Gasteiger partial charge in [0.1, 0.15) is 0 Å². The third-order valence-electron chi connectivity index (χ3n) is 3.03. The molecule has 1 atom stereocenters. The fourth-order valence-corrected chi connectivity index (χ4v) is 2.26. The number of terminal acetylenes is 1. The molecule has 0 aromatic heterocycles. The van der Waals surface area contributed by atoms with Crippen molar-refractivity contribution in [1.29, 1.82) is 5.41 Å². The molecule has 0 spiro atoms. The summed E-state index contributed by atoms with van der Waals surface area (Å²) < 4.78 is 0. The van der Waals surface area contributed by atoms with Gasteiger partial charge in [0.15, 0.2) is 0 Å². The molecule has 0 bridgehead atoms. The first kappa shape index (κ1) is 19.7. The maximum Gasteiger partial charge on any atom is 0.0508 e. The predicted molar refractivity (Wildman–Crippen MR) is 102 cm³/mol. The fourth-order valence-electron chi connectivity index (χ4n) is 2.07. The molecule has 1 aromatic carbocycles. The third kappa shape index (κ3) is 4.91. The lowest BCUT2D eigenvalue weighted by Gasteiger charge is -2.16. The van der Waals surface area contributed by atoms with Crippen LogP contribution in [0.1, 0.15) is 25.8 Å². The minimum Gasteiger partial charge on any atom is -0.401 e. The Morgan fingerprint density at radius 1 is 1.27 bits per heavy atom. The number of nitrogens with two attached hydrogens (primary N) is 2. The fraction of sp³-hybridized carbons (Fsp3) is 0.167. The maximum absolute atomic E-state index is 5.94. The van der Waals surface area contributed by atoms with Gasteiger partial charge in [0, 0.05) is 17.0 Å². The smallest absolute Gasteiger partial charge is 0.0508 e. The Kier molecular flexibility index (Phi) is 8.60. The van der Waals surface area contributed by atoms with E-state index in [0.717, 1.165) is 28.4 Å². The van der Waals surface area contributed by atoms with E-state index in [1.807, 2.05) is 31.2 Å². The first-order valence-corrected chi connectivity index (χ1v) is 7.32. The molecule has 0 saturated carbocycles. The van der Waals surface area contributed by atoms with Crippen LogP contribution in [0.5, 0.6) is 0 Å². The Morgan fingerprint density at radius 2 is 1.77 bits per heavy atom. The van der Waals surface area contributed by atoms with Crippen LogP contribution in [0.3, 0.4) is 0 Å². The Bertz CT molecular complexity index is 627. The molecular formula is C18H24N3P. The van der Waals surface area contributed by atoms with Gasteiger partial charge in [0.05, 0.1) is 5.57 Å². The molecule has 4 heteroatoms. The second-order valence-corrected chi connectivity index (χ2v) is 5.22. The summed E-state index contributed by atoms with van der Waals surface area (Å²) in [5, 5.41) is 6.61. The minimum atomic E-state index is 0.520. The van der Waals surface area contributed by atoms with Crippen LogP contribution in [0.4, 0.5) is 0 Å². The molecule has 0 aliphatic carbocycles. The quantitative estimate of drug-likeness (QED) is 0.346. The van der Waals surface area contributed by atoms with Crippen LogP contribution in [0, 0.1) is 17.8 Å². The number of hydrogen-bond acceptors (Lipinski definition) is 3. The van der Waals surface area contributed by atoms with Crippen molar-refractivity contribution in [3.63, 3.8) is 0 Å². The summed E-state index contributed by atoms with van der Waals surface area (Å²) in [5.41, 5.74) is 16.5. The zero-order valence-electron chi connectivity index (χ0n) is 13.2. The average molecular weight is 313 g/mol. The summed E-state index contributed by atoms with van der Waals surface area (Å²) in [6.07, 6.45) is 6.38. The van der Waals surface area contributed by atoms with Crippen molar-refractivity contribution in [2.75, 3.05) is 0 Å². The minimum absolute atomic E-state index is 0.520. The zero-order chi connectivity index (χ0) is 17.3. The van der Waals surface area contributed by atoms with E-state index in [9.17, 15) is 0 Å². The molecule has 5 N–H and O–H groups in total. The zero-order valence-corrected chi connectivity index (χ0v) is 14.4. The number of rotatable bonds is 4. The molecule has 22 heavy (non-hydrogen) atoms. The van der Waals surface area contributed by atoms with Crippen molar-refractivity contribution in [3.8, 4) is 12.3 Å². The van der Waals surface area contributed by atoms with Crippen molar-refractivity contribution in [3.05, 3.63) is 58.9 Å². The van der Waals surface area contributed by atoms with E-state index in [1.165, 1.54) is 0 Å². The van der Waals surface area contributed by atoms with Crippen molar-refractivity contribution < 1.29 is 0 Å². The number of allylic oxidation sites excluding steroid dienone is 4. The van der Waals surface area contributed by atoms with Crippen LogP contribution >= 0.6 is 9.24 Å². The Balaban J connectivity index is 0.00000211. The summed E-state index contributed by atoms with van der Waals surface area (Å²) in [6.45, 7) is 10.2. The first-order chi connectivity index (χ1) is 10.4. The van der Waals surface area contributed by atoms with Crippen molar-refractivity contribution >= 4 is 26.8 Å². The third-order valence-corrected chi connectivity index (χ3v) is 3.42. The monoisotopic (exact) mass is 313 g/mol. The van der Waals surface area contributed by atoms with Gasteiger partial charge in [-0.05, 0) is 36.5 Å². The highest BCUT2D eigenvalue weighted by Gasteiger charge is 2.14. The highest BCUT2D eigenvalue weighted by Crippen LogP contribution is 2.31.